The number of aryl methyl sites for hydroxylation is 4. The number of benzene rings is 1. The zero-order valence-corrected chi connectivity index (χ0v) is 32.2. The maximum absolute atomic E-state index is 13.8. The van der Waals surface area contributed by atoms with E-state index >= 15 is 0 Å². The van der Waals surface area contributed by atoms with E-state index in [2.05, 4.69) is 20.8 Å². The Labute approximate surface area is 325 Å². The quantitative estimate of drug-likeness (QED) is 0.110. The van der Waals surface area contributed by atoms with Crippen LogP contribution < -0.4 is 42.3 Å². The highest BCUT2D eigenvalue weighted by atomic mass is 16.5. The van der Waals surface area contributed by atoms with E-state index in [4.69, 9.17) is 31.9 Å². The number of hydrogen-bond donors (Lipinski definition) is 5. The number of anilines is 3. The summed E-state index contributed by atoms with van der Waals surface area (Å²) in [7, 11) is 1.84. The normalized spacial score (nSPS) is 13.9. The molecule has 20 nitrogen and oxygen atoms in total. The van der Waals surface area contributed by atoms with Crippen LogP contribution >= 0.6 is 0 Å². The molecule has 8 N–H and O–H groups in total. The van der Waals surface area contributed by atoms with Gasteiger partial charge in [-0.15, -0.1) is 4.68 Å². The summed E-state index contributed by atoms with van der Waals surface area (Å²) >= 11 is 0. The molecule has 57 heavy (non-hydrogen) atoms. The van der Waals surface area contributed by atoms with E-state index in [1.807, 2.05) is 49.5 Å². The second-order valence-corrected chi connectivity index (χ2v) is 13.6. The number of aromatic nitrogens is 9. The van der Waals surface area contributed by atoms with Crippen LogP contribution in [-0.4, -0.2) is 82.5 Å². The molecular formula is C37H44N15O5+. The van der Waals surface area contributed by atoms with Crippen molar-refractivity contribution in [1.82, 2.24) is 38.7 Å². The van der Waals surface area contributed by atoms with Crippen molar-refractivity contribution in [2.45, 2.75) is 60.3 Å². The number of carbonyl (C=O) groups is 4. The van der Waals surface area contributed by atoms with Gasteiger partial charge in [0.1, 0.15) is 35.4 Å². The highest BCUT2D eigenvalue weighted by Gasteiger charge is 2.29. The Hall–Kier alpha value is -7.25. The number of nitrogens with two attached hydrogens (primary N) is 3. The van der Waals surface area contributed by atoms with Crippen LogP contribution in [0, 0.1) is 13.8 Å². The van der Waals surface area contributed by atoms with Gasteiger partial charge in [0.25, 0.3) is 17.7 Å². The number of primary amides is 2. The molecule has 296 valence electrons. The minimum atomic E-state index is -0.676. The lowest BCUT2D eigenvalue weighted by atomic mass is 10.1. The van der Waals surface area contributed by atoms with Crippen molar-refractivity contribution in [3.8, 4) is 5.75 Å². The Bertz CT molecular complexity index is 2630. The molecule has 1 aliphatic rings. The predicted octanol–water partition coefficient (Wildman–Crippen LogP) is 1.61. The molecule has 6 heterocycles. The first-order chi connectivity index (χ1) is 27.3. The van der Waals surface area contributed by atoms with Gasteiger partial charge in [-0.05, 0) is 58.0 Å². The van der Waals surface area contributed by atoms with Gasteiger partial charge < -0.3 is 26.5 Å². The number of amides is 4. The van der Waals surface area contributed by atoms with Gasteiger partial charge in [-0.3, -0.25) is 39.2 Å². The summed E-state index contributed by atoms with van der Waals surface area (Å²) in [4.78, 5) is 62.0. The second-order valence-electron chi connectivity index (χ2n) is 13.6. The van der Waals surface area contributed by atoms with Gasteiger partial charge in [0.05, 0.1) is 41.3 Å². The fraction of sp³-hybridized carbons (Fsp3) is 0.324. The minimum Gasteiger partial charge on any atom is -0.491 e. The smallest absolute Gasteiger partial charge is 0.334 e. The van der Waals surface area contributed by atoms with Crippen LogP contribution in [0.3, 0.4) is 0 Å². The number of rotatable bonds is 8. The molecule has 6 aromatic rings. The Morgan fingerprint density at radius 1 is 0.842 bits per heavy atom. The minimum absolute atomic E-state index is 0.164. The van der Waals surface area contributed by atoms with E-state index in [0.29, 0.717) is 71.1 Å². The van der Waals surface area contributed by atoms with Crippen LogP contribution in [0.15, 0.2) is 42.6 Å². The number of nitrogens with one attached hydrogen (secondary N) is 2. The molecule has 0 unspecified atom stereocenters. The number of hydrogen-bond acceptors (Lipinski definition) is 11. The molecule has 1 aliphatic heterocycles. The van der Waals surface area contributed by atoms with Crippen LogP contribution in [0.4, 0.5) is 17.6 Å². The predicted molar refractivity (Wildman–Crippen MR) is 211 cm³/mol. The van der Waals surface area contributed by atoms with Crippen molar-refractivity contribution in [2.75, 3.05) is 41.6 Å². The van der Waals surface area contributed by atoms with Crippen molar-refractivity contribution in [3.05, 3.63) is 76.5 Å². The number of pyridine rings is 1. The zero-order valence-electron chi connectivity index (χ0n) is 32.2. The molecule has 0 saturated carbocycles. The third kappa shape index (κ3) is 7.07. The van der Waals surface area contributed by atoms with E-state index < -0.39 is 23.6 Å². The fourth-order valence-electron chi connectivity index (χ4n) is 6.90. The van der Waals surface area contributed by atoms with E-state index in [9.17, 15) is 19.2 Å². The van der Waals surface area contributed by atoms with Crippen molar-refractivity contribution >= 4 is 63.4 Å². The van der Waals surface area contributed by atoms with Crippen LogP contribution in [0.2, 0.25) is 0 Å². The van der Waals surface area contributed by atoms with E-state index in [1.54, 1.807) is 51.3 Å². The largest absolute Gasteiger partial charge is 0.491 e. The molecule has 5 aromatic heterocycles. The maximum atomic E-state index is 13.8. The molecule has 0 spiro atoms. The topological polar surface area (TPSA) is 258 Å². The molecule has 0 bridgehead atoms. The number of allylic oxidation sites excluding steroid dienone is 2. The molecule has 4 amide bonds. The second kappa shape index (κ2) is 15.1. The molecule has 7 rings (SSSR count). The van der Waals surface area contributed by atoms with Crippen molar-refractivity contribution < 1.29 is 28.6 Å². The molecular weight excluding hydrogens is 735 g/mol. The number of nitrogens with zero attached hydrogens (tertiary/aromatic N) is 10. The third-order valence-corrected chi connectivity index (χ3v) is 9.68. The van der Waals surface area contributed by atoms with Crippen molar-refractivity contribution in [1.29, 1.82) is 0 Å². The first-order valence-electron chi connectivity index (χ1n) is 18.4. The van der Waals surface area contributed by atoms with Gasteiger partial charge in [0, 0.05) is 38.7 Å². The number of imidazole rings is 2. The molecule has 0 fully saturated rings. The average Bonchev–Trinajstić information content (AvgIpc) is 3.91. The van der Waals surface area contributed by atoms with E-state index in [0.717, 1.165) is 0 Å². The average molecular weight is 779 g/mol. The number of ether oxygens (including phenoxy) is 1. The Balaban J connectivity index is 1.34. The fourth-order valence-corrected chi connectivity index (χ4v) is 6.90. The van der Waals surface area contributed by atoms with E-state index in [-0.39, 0.29) is 54.1 Å². The molecule has 20 heteroatoms. The van der Waals surface area contributed by atoms with Crippen molar-refractivity contribution in [2.24, 2.45) is 11.5 Å². The lowest BCUT2D eigenvalue weighted by Crippen LogP contribution is -2.57. The van der Waals surface area contributed by atoms with Crippen LogP contribution in [0.25, 0.3) is 22.2 Å². The SMILES string of the molecule is CCn1nc(C)cc1C(=O)Nc1nc2cc(C(N)=O)c[n+]3c2n1C/C=C/Cn1c(NC(=O)c2c(N)c(C)nn2CC)nc2cc(C(N)=O)cc(c21)OCCCN3C. The van der Waals surface area contributed by atoms with Gasteiger partial charge in [-0.1, -0.05) is 6.08 Å². The Kier molecular flexibility index (Phi) is 10.1. The monoisotopic (exact) mass is 778 g/mol. The van der Waals surface area contributed by atoms with Gasteiger partial charge in [0.2, 0.25) is 11.9 Å². The highest BCUT2D eigenvalue weighted by molar-refractivity contribution is 6.07. The summed E-state index contributed by atoms with van der Waals surface area (Å²) < 4.78 is 14.8. The summed E-state index contributed by atoms with van der Waals surface area (Å²) in [5, 5.41) is 16.5. The maximum Gasteiger partial charge on any atom is 0.334 e. The van der Waals surface area contributed by atoms with Crippen LogP contribution in [0.1, 0.15) is 73.3 Å². The Morgan fingerprint density at radius 2 is 1.49 bits per heavy atom. The molecule has 0 atom stereocenters. The van der Waals surface area contributed by atoms with Gasteiger partial charge in [-0.25, -0.2) is 9.99 Å². The zero-order chi connectivity index (χ0) is 40.7. The van der Waals surface area contributed by atoms with Gasteiger partial charge >= 0.3 is 11.6 Å². The highest BCUT2D eigenvalue weighted by Crippen LogP contribution is 2.32. The van der Waals surface area contributed by atoms with Gasteiger partial charge in [-0.2, -0.15) is 19.7 Å². The first kappa shape index (κ1) is 38.0. The van der Waals surface area contributed by atoms with E-state index in [1.165, 1.54) is 4.68 Å². The third-order valence-electron chi connectivity index (χ3n) is 9.68. The number of carbonyl (C=O) groups excluding carboxylic acids is 4. The molecule has 1 aromatic carbocycles. The summed E-state index contributed by atoms with van der Waals surface area (Å²) in [6.07, 6.45) is 5.82. The first-order valence-corrected chi connectivity index (χ1v) is 18.4. The lowest BCUT2D eigenvalue weighted by Gasteiger charge is -2.18. The summed E-state index contributed by atoms with van der Waals surface area (Å²) in [6.45, 7) is 9.17. The Morgan fingerprint density at radius 3 is 2.19 bits per heavy atom. The standard InChI is InChI=1S/C37H43N15O5/c1-6-50-26(15-20(3)45-50)33(55)43-37-42-25-17-23(32(40)54)19-52-35(25)49(37)13-9-8-12-48-29-24(16-22(31(39)53)18-27(29)57-14-10-11-47(52)5)41-36(48)44-34(56)30-28(38)21(4)46-51(30)7-2/h8-9,15-19H,6-7,10-14H2,1-5H3,(H7-,38,39,40,41,42,43,44,53,54,55,56)/p+1/b9-8+. The molecule has 0 aliphatic carbocycles. The summed E-state index contributed by atoms with van der Waals surface area (Å²) in [6, 6.07) is 6.38. The molecule has 0 radical (unpaired) electrons. The van der Waals surface area contributed by atoms with Crippen LogP contribution in [0.5, 0.6) is 5.75 Å². The molecule has 0 saturated heterocycles. The summed E-state index contributed by atoms with van der Waals surface area (Å²) in [5.41, 5.74) is 22.0. The van der Waals surface area contributed by atoms with Crippen molar-refractivity contribution in [3.63, 3.8) is 0 Å². The van der Waals surface area contributed by atoms with Crippen LogP contribution in [-0.2, 0) is 26.2 Å². The summed E-state index contributed by atoms with van der Waals surface area (Å²) in [5.74, 6) is -1.54. The lowest BCUT2D eigenvalue weighted by molar-refractivity contribution is -0.667. The van der Waals surface area contributed by atoms with Gasteiger partial charge in [0.15, 0.2) is 5.52 Å². The number of nitrogen functional groups attached to an aromatic ring is 1.